The Morgan fingerprint density at radius 3 is 2.06 bits per heavy atom. The van der Waals surface area contributed by atoms with Crippen molar-refractivity contribution in [3.05, 3.63) is 41.8 Å². The summed E-state index contributed by atoms with van der Waals surface area (Å²) in [5.74, 6) is 0. The average molecular weight is 302 g/mol. The Kier molecular flexibility index (Phi) is 3.31. The van der Waals surface area contributed by atoms with Crippen molar-refractivity contribution < 1.29 is 16.8 Å². The maximum Gasteiger partial charge on any atom is 0.207 e. The highest BCUT2D eigenvalue weighted by molar-refractivity contribution is 7.93. The number of thiophene rings is 1. The van der Waals surface area contributed by atoms with E-state index >= 15 is 0 Å². The van der Waals surface area contributed by atoms with Crippen LogP contribution in [0.15, 0.2) is 55.8 Å². The molecular formula is C11H10O4S3. The van der Waals surface area contributed by atoms with Crippen LogP contribution in [0.3, 0.4) is 0 Å². The average Bonchev–Trinajstić information content (AvgIpc) is 2.79. The monoisotopic (exact) mass is 302 g/mol. The van der Waals surface area contributed by atoms with Gasteiger partial charge in [0.15, 0.2) is 9.84 Å². The normalized spacial score (nSPS) is 12.5. The molecule has 0 fully saturated rings. The fourth-order valence-corrected chi connectivity index (χ4v) is 4.91. The number of sulfone groups is 2. The first-order valence-electron chi connectivity index (χ1n) is 4.90. The summed E-state index contributed by atoms with van der Waals surface area (Å²) in [5.41, 5.74) is 0. The minimum Gasteiger partial charge on any atom is -0.223 e. The summed E-state index contributed by atoms with van der Waals surface area (Å²) in [6.45, 7) is 0. The maximum absolute atomic E-state index is 12.2. The molecule has 0 spiro atoms. The van der Waals surface area contributed by atoms with Crippen molar-refractivity contribution in [3.8, 4) is 0 Å². The highest BCUT2D eigenvalue weighted by Crippen LogP contribution is 2.27. The van der Waals surface area contributed by atoms with Gasteiger partial charge in [0.1, 0.15) is 4.21 Å². The molecule has 96 valence electrons. The molecule has 0 radical (unpaired) electrons. The zero-order valence-corrected chi connectivity index (χ0v) is 11.8. The molecule has 0 saturated carbocycles. The van der Waals surface area contributed by atoms with Gasteiger partial charge in [-0.2, -0.15) is 0 Å². The largest absolute Gasteiger partial charge is 0.223 e. The van der Waals surface area contributed by atoms with Crippen LogP contribution in [0.1, 0.15) is 0 Å². The number of hydrogen-bond acceptors (Lipinski definition) is 5. The van der Waals surface area contributed by atoms with E-state index in [2.05, 4.69) is 0 Å². The van der Waals surface area contributed by atoms with E-state index in [0.29, 0.717) is 0 Å². The molecular weight excluding hydrogens is 292 g/mol. The lowest BCUT2D eigenvalue weighted by Crippen LogP contribution is -2.00. The predicted octanol–water partition coefficient (Wildman–Crippen LogP) is 1.98. The Bertz CT molecular complexity index is 756. The molecule has 0 unspecified atom stereocenters. The van der Waals surface area contributed by atoms with Crippen LogP contribution >= 0.6 is 11.3 Å². The molecule has 0 bridgehead atoms. The standard InChI is InChI=1S/C11H10O4S3/c1-17(12,13)11-7-10(8-16-11)18(14,15)9-5-3-2-4-6-9/h2-8H,1H3. The van der Waals surface area contributed by atoms with Crippen LogP contribution in [0.25, 0.3) is 0 Å². The smallest absolute Gasteiger partial charge is 0.207 e. The Balaban J connectivity index is 2.54. The van der Waals surface area contributed by atoms with Gasteiger partial charge in [-0.05, 0) is 18.2 Å². The minimum absolute atomic E-state index is 0.0131. The van der Waals surface area contributed by atoms with E-state index in [0.717, 1.165) is 17.6 Å². The second kappa shape index (κ2) is 4.49. The SMILES string of the molecule is CS(=O)(=O)c1cc(S(=O)(=O)c2ccccc2)cs1. The summed E-state index contributed by atoms with van der Waals surface area (Å²) in [6, 6.07) is 9.12. The van der Waals surface area contributed by atoms with Gasteiger partial charge in [0.05, 0.1) is 9.79 Å². The van der Waals surface area contributed by atoms with Crippen LogP contribution in [0.2, 0.25) is 0 Å². The van der Waals surface area contributed by atoms with Crippen molar-refractivity contribution in [2.24, 2.45) is 0 Å². The summed E-state index contributed by atoms with van der Waals surface area (Å²) < 4.78 is 47.1. The second-order valence-corrected chi connectivity index (χ2v) is 8.79. The quantitative estimate of drug-likeness (QED) is 0.869. The van der Waals surface area contributed by atoms with E-state index in [1.807, 2.05) is 0 Å². The highest BCUT2D eigenvalue weighted by Gasteiger charge is 2.21. The molecule has 1 heterocycles. The maximum atomic E-state index is 12.2. The van der Waals surface area contributed by atoms with E-state index in [9.17, 15) is 16.8 Å². The third kappa shape index (κ3) is 2.47. The van der Waals surface area contributed by atoms with E-state index in [4.69, 9.17) is 0 Å². The lowest BCUT2D eigenvalue weighted by molar-refractivity contribution is 0.596. The molecule has 0 N–H and O–H groups in total. The van der Waals surface area contributed by atoms with Gasteiger partial charge in [0.2, 0.25) is 9.84 Å². The van der Waals surface area contributed by atoms with E-state index in [1.165, 1.54) is 23.6 Å². The molecule has 2 aromatic rings. The molecule has 1 aromatic heterocycles. The first-order valence-corrected chi connectivity index (χ1v) is 9.16. The third-order valence-corrected chi connectivity index (χ3v) is 6.95. The number of hydrogen-bond donors (Lipinski definition) is 0. The molecule has 0 saturated heterocycles. The Hall–Kier alpha value is -1.18. The van der Waals surface area contributed by atoms with Gasteiger partial charge in [-0.15, -0.1) is 11.3 Å². The fraction of sp³-hybridized carbons (Fsp3) is 0.0909. The first-order chi connectivity index (χ1) is 8.32. The Morgan fingerprint density at radius 1 is 0.944 bits per heavy atom. The Morgan fingerprint density at radius 2 is 1.56 bits per heavy atom. The zero-order chi connectivity index (χ0) is 13.4. The van der Waals surface area contributed by atoms with Crippen LogP contribution in [0.4, 0.5) is 0 Å². The molecule has 0 aliphatic carbocycles. The van der Waals surface area contributed by atoms with Crippen molar-refractivity contribution in [1.82, 2.24) is 0 Å². The molecule has 0 aliphatic heterocycles. The summed E-state index contributed by atoms with van der Waals surface area (Å²) >= 11 is 0.911. The van der Waals surface area contributed by atoms with Crippen molar-refractivity contribution >= 4 is 31.0 Å². The summed E-state index contributed by atoms with van der Waals surface area (Å²) in [7, 11) is -7.00. The van der Waals surface area contributed by atoms with Crippen molar-refractivity contribution in [2.75, 3.05) is 6.26 Å². The van der Waals surface area contributed by atoms with Crippen molar-refractivity contribution in [1.29, 1.82) is 0 Å². The molecule has 1 aromatic carbocycles. The molecule has 7 heteroatoms. The molecule has 4 nitrogen and oxygen atoms in total. The summed E-state index contributed by atoms with van der Waals surface area (Å²) in [6.07, 6.45) is 1.05. The van der Waals surface area contributed by atoms with E-state index in [1.54, 1.807) is 18.2 Å². The first kappa shape index (κ1) is 13.3. The lowest BCUT2D eigenvalue weighted by atomic mass is 10.4. The number of rotatable bonds is 3. The van der Waals surface area contributed by atoms with E-state index < -0.39 is 19.7 Å². The molecule has 18 heavy (non-hydrogen) atoms. The zero-order valence-electron chi connectivity index (χ0n) is 9.40. The van der Waals surface area contributed by atoms with Crippen molar-refractivity contribution in [3.63, 3.8) is 0 Å². The van der Waals surface area contributed by atoms with E-state index in [-0.39, 0.29) is 14.0 Å². The predicted molar refractivity (Wildman–Crippen MR) is 69.3 cm³/mol. The van der Waals surface area contributed by atoms with Crippen molar-refractivity contribution in [2.45, 2.75) is 14.0 Å². The summed E-state index contributed by atoms with van der Waals surface area (Å²) in [4.78, 5) is 0.168. The molecule has 2 rings (SSSR count). The van der Waals surface area contributed by atoms with Gasteiger partial charge in [0, 0.05) is 11.6 Å². The van der Waals surface area contributed by atoms with Crippen LogP contribution < -0.4 is 0 Å². The minimum atomic E-state index is -3.63. The van der Waals surface area contributed by atoms with Gasteiger partial charge in [-0.3, -0.25) is 0 Å². The molecule has 0 amide bonds. The highest BCUT2D eigenvalue weighted by atomic mass is 32.2. The van der Waals surface area contributed by atoms with Crippen LogP contribution in [0, 0.1) is 0 Å². The van der Waals surface area contributed by atoms with Crippen LogP contribution in [-0.4, -0.2) is 23.1 Å². The Labute approximate surface area is 110 Å². The fourth-order valence-electron chi connectivity index (χ4n) is 1.37. The van der Waals surface area contributed by atoms with Crippen LogP contribution in [-0.2, 0) is 19.7 Å². The second-order valence-electron chi connectivity index (χ2n) is 3.69. The van der Waals surface area contributed by atoms with Gasteiger partial charge >= 0.3 is 0 Å². The van der Waals surface area contributed by atoms with Gasteiger partial charge in [0.25, 0.3) is 0 Å². The topological polar surface area (TPSA) is 68.3 Å². The summed E-state index contributed by atoms with van der Waals surface area (Å²) in [5, 5.41) is 1.35. The van der Waals surface area contributed by atoms with Crippen LogP contribution in [0.5, 0.6) is 0 Å². The lowest BCUT2D eigenvalue weighted by Gasteiger charge is -2.00. The van der Waals surface area contributed by atoms with Gasteiger partial charge in [-0.1, -0.05) is 18.2 Å². The molecule has 0 atom stereocenters. The van der Waals surface area contributed by atoms with Gasteiger partial charge < -0.3 is 0 Å². The number of benzene rings is 1. The molecule has 0 aliphatic rings. The van der Waals surface area contributed by atoms with Gasteiger partial charge in [-0.25, -0.2) is 16.8 Å². The third-order valence-electron chi connectivity index (χ3n) is 2.28.